The molecule has 1 amide bonds. The number of carbonyl (C=O) groups is 1. The summed E-state index contributed by atoms with van der Waals surface area (Å²) in [4.78, 5) is 11.9. The van der Waals surface area contributed by atoms with Crippen LogP contribution >= 0.6 is 15.9 Å². The summed E-state index contributed by atoms with van der Waals surface area (Å²) in [5.41, 5.74) is 1.51. The maximum absolute atomic E-state index is 13.0. The number of amides is 1. The van der Waals surface area contributed by atoms with E-state index in [9.17, 15) is 13.6 Å². The summed E-state index contributed by atoms with van der Waals surface area (Å²) in [6.07, 6.45) is 0. The van der Waals surface area contributed by atoms with Crippen LogP contribution in [0, 0.1) is 18.6 Å². The molecule has 0 aliphatic rings. The largest absolute Gasteiger partial charge is 0.322 e. The standard InChI is InChI=1S/C14H10BrF2NO/c1-8-2-3-12(7-13(8)15)18-14(19)9-4-10(16)6-11(17)5-9/h2-7H,1H3,(H,18,19). The zero-order chi connectivity index (χ0) is 14.0. The smallest absolute Gasteiger partial charge is 0.255 e. The third kappa shape index (κ3) is 3.38. The highest BCUT2D eigenvalue weighted by Gasteiger charge is 2.10. The van der Waals surface area contributed by atoms with Crippen LogP contribution in [0.2, 0.25) is 0 Å². The Morgan fingerprint density at radius 2 is 1.74 bits per heavy atom. The predicted molar refractivity (Wildman–Crippen MR) is 73.2 cm³/mol. The molecule has 0 aliphatic carbocycles. The van der Waals surface area contributed by atoms with Gasteiger partial charge in [0.05, 0.1) is 0 Å². The summed E-state index contributed by atoms with van der Waals surface area (Å²) in [5, 5.41) is 2.58. The van der Waals surface area contributed by atoms with Crippen molar-refractivity contribution in [3.63, 3.8) is 0 Å². The van der Waals surface area contributed by atoms with Crippen LogP contribution in [0.4, 0.5) is 14.5 Å². The fraction of sp³-hybridized carbons (Fsp3) is 0.0714. The van der Waals surface area contributed by atoms with E-state index in [0.29, 0.717) is 5.69 Å². The predicted octanol–water partition coefficient (Wildman–Crippen LogP) is 4.29. The Kier molecular flexibility index (Phi) is 3.95. The SMILES string of the molecule is Cc1ccc(NC(=O)c2cc(F)cc(F)c2)cc1Br. The number of anilines is 1. The van der Waals surface area contributed by atoms with Gasteiger partial charge in [-0.25, -0.2) is 8.78 Å². The van der Waals surface area contributed by atoms with Crippen LogP contribution in [0.1, 0.15) is 15.9 Å². The van der Waals surface area contributed by atoms with Gasteiger partial charge in [0.25, 0.3) is 5.91 Å². The molecule has 0 unspecified atom stereocenters. The van der Waals surface area contributed by atoms with E-state index >= 15 is 0 Å². The molecule has 19 heavy (non-hydrogen) atoms. The number of nitrogens with one attached hydrogen (secondary N) is 1. The molecule has 2 rings (SSSR count). The number of benzene rings is 2. The number of hydrogen-bond donors (Lipinski definition) is 1. The lowest BCUT2D eigenvalue weighted by Gasteiger charge is -2.07. The average molecular weight is 326 g/mol. The highest BCUT2D eigenvalue weighted by Crippen LogP contribution is 2.21. The van der Waals surface area contributed by atoms with Gasteiger partial charge in [-0.1, -0.05) is 22.0 Å². The molecule has 0 aliphatic heterocycles. The molecule has 0 atom stereocenters. The van der Waals surface area contributed by atoms with E-state index < -0.39 is 17.5 Å². The van der Waals surface area contributed by atoms with Gasteiger partial charge in [0, 0.05) is 21.8 Å². The highest BCUT2D eigenvalue weighted by molar-refractivity contribution is 9.10. The van der Waals surface area contributed by atoms with Gasteiger partial charge >= 0.3 is 0 Å². The fourth-order valence-electron chi connectivity index (χ4n) is 1.56. The Morgan fingerprint density at radius 1 is 1.11 bits per heavy atom. The van der Waals surface area contributed by atoms with E-state index in [-0.39, 0.29) is 5.56 Å². The molecule has 2 aromatic rings. The van der Waals surface area contributed by atoms with Gasteiger partial charge in [-0.05, 0) is 36.8 Å². The van der Waals surface area contributed by atoms with Gasteiger partial charge in [-0.3, -0.25) is 4.79 Å². The van der Waals surface area contributed by atoms with Crippen LogP contribution in [0.5, 0.6) is 0 Å². The lowest BCUT2D eigenvalue weighted by atomic mass is 10.2. The van der Waals surface area contributed by atoms with Crippen molar-refractivity contribution >= 4 is 27.5 Å². The first-order valence-electron chi connectivity index (χ1n) is 5.49. The summed E-state index contributed by atoms with van der Waals surface area (Å²) in [6.45, 7) is 1.91. The zero-order valence-corrected chi connectivity index (χ0v) is 11.6. The number of carbonyl (C=O) groups excluding carboxylic acids is 1. The van der Waals surface area contributed by atoms with Crippen molar-refractivity contribution < 1.29 is 13.6 Å². The van der Waals surface area contributed by atoms with Gasteiger partial charge in [-0.2, -0.15) is 0 Å². The minimum Gasteiger partial charge on any atom is -0.322 e. The topological polar surface area (TPSA) is 29.1 Å². The molecule has 0 bridgehead atoms. The number of aryl methyl sites for hydroxylation is 1. The van der Waals surface area contributed by atoms with E-state index in [2.05, 4.69) is 21.2 Å². The molecule has 0 saturated carbocycles. The van der Waals surface area contributed by atoms with Crippen molar-refractivity contribution in [2.24, 2.45) is 0 Å². The first kappa shape index (κ1) is 13.7. The molecule has 98 valence electrons. The third-order valence-corrected chi connectivity index (χ3v) is 3.41. The van der Waals surface area contributed by atoms with Crippen molar-refractivity contribution in [1.82, 2.24) is 0 Å². The molecule has 0 saturated heterocycles. The molecule has 0 spiro atoms. The summed E-state index contributed by atoms with van der Waals surface area (Å²) >= 11 is 3.34. The number of hydrogen-bond acceptors (Lipinski definition) is 1. The Hall–Kier alpha value is -1.75. The van der Waals surface area contributed by atoms with Crippen LogP contribution in [0.15, 0.2) is 40.9 Å². The molecule has 2 aromatic carbocycles. The summed E-state index contributed by atoms with van der Waals surface area (Å²) in [6, 6.07) is 7.96. The Labute approximate surface area is 117 Å². The minimum atomic E-state index is -0.782. The molecular formula is C14H10BrF2NO. The second-order valence-electron chi connectivity index (χ2n) is 4.08. The minimum absolute atomic E-state index is 0.0609. The molecule has 5 heteroatoms. The lowest BCUT2D eigenvalue weighted by molar-refractivity contribution is 0.102. The van der Waals surface area contributed by atoms with Crippen molar-refractivity contribution in [3.8, 4) is 0 Å². The van der Waals surface area contributed by atoms with E-state index in [1.807, 2.05) is 13.0 Å². The molecule has 2 nitrogen and oxygen atoms in total. The van der Waals surface area contributed by atoms with Crippen LogP contribution in [-0.4, -0.2) is 5.91 Å². The second-order valence-corrected chi connectivity index (χ2v) is 4.93. The first-order valence-corrected chi connectivity index (χ1v) is 6.28. The molecule has 0 fully saturated rings. The first-order chi connectivity index (χ1) is 8.95. The van der Waals surface area contributed by atoms with Crippen LogP contribution in [0.25, 0.3) is 0 Å². The van der Waals surface area contributed by atoms with E-state index in [1.165, 1.54) is 0 Å². The normalized spacial score (nSPS) is 10.3. The molecule has 0 aromatic heterocycles. The van der Waals surface area contributed by atoms with Gasteiger partial charge in [0.2, 0.25) is 0 Å². The Bertz CT molecular complexity index is 623. The maximum atomic E-state index is 13.0. The molecular weight excluding hydrogens is 316 g/mol. The monoisotopic (exact) mass is 325 g/mol. The fourth-order valence-corrected chi connectivity index (χ4v) is 1.94. The Morgan fingerprint density at radius 3 is 2.32 bits per heavy atom. The van der Waals surface area contributed by atoms with Gasteiger partial charge < -0.3 is 5.32 Å². The van der Waals surface area contributed by atoms with E-state index in [4.69, 9.17) is 0 Å². The number of rotatable bonds is 2. The summed E-state index contributed by atoms with van der Waals surface area (Å²) in [5.74, 6) is -2.13. The van der Waals surface area contributed by atoms with Crippen LogP contribution in [0.3, 0.4) is 0 Å². The molecule has 0 heterocycles. The van der Waals surface area contributed by atoms with Crippen LogP contribution in [-0.2, 0) is 0 Å². The van der Waals surface area contributed by atoms with Gasteiger partial charge in [0.1, 0.15) is 11.6 Å². The van der Waals surface area contributed by atoms with Gasteiger partial charge in [-0.15, -0.1) is 0 Å². The third-order valence-electron chi connectivity index (χ3n) is 2.55. The maximum Gasteiger partial charge on any atom is 0.255 e. The van der Waals surface area contributed by atoms with Crippen molar-refractivity contribution in [1.29, 1.82) is 0 Å². The van der Waals surface area contributed by atoms with Crippen molar-refractivity contribution in [2.45, 2.75) is 6.92 Å². The number of halogens is 3. The summed E-state index contributed by atoms with van der Waals surface area (Å²) < 4.78 is 26.9. The van der Waals surface area contributed by atoms with Crippen molar-refractivity contribution in [2.75, 3.05) is 5.32 Å². The van der Waals surface area contributed by atoms with Crippen molar-refractivity contribution in [3.05, 3.63) is 63.6 Å². The molecule has 1 N–H and O–H groups in total. The van der Waals surface area contributed by atoms with E-state index in [1.54, 1.807) is 12.1 Å². The highest BCUT2D eigenvalue weighted by atomic mass is 79.9. The average Bonchev–Trinajstić information content (AvgIpc) is 2.32. The van der Waals surface area contributed by atoms with Crippen LogP contribution < -0.4 is 5.32 Å². The zero-order valence-electron chi connectivity index (χ0n) is 10.0. The van der Waals surface area contributed by atoms with E-state index in [0.717, 1.165) is 28.2 Å². The Balaban J connectivity index is 2.22. The molecule has 0 radical (unpaired) electrons. The lowest BCUT2D eigenvalue weighted by Crippen LogP contribution is -2.12. The second kappa shape index (κ2) is 5.48. The summed E-state index contributed by atoms with van der Waals surface area (Å²) in [7, 11) is 0. The van der Waals surface area contributed by atoms with Gasteiger partial charge in [0.15, 0.2) is 0 Å². The quantitative estimate of drug-likeness (QED) is 0.876.